The van der Waals surface area contributed by atoms with Crippen LogP contribution < -0.4 is 15.5 Å². The van der Waals surface area contributed by atoms with Gasteiger partial charge in [-0.25, -0.2) is 8.78 Å². The van der Waals surface area contributed by atoms with Crippen LogP contribution in [0.1, 0.15) is 54.2 Å². The van der Waals surface area contributed by atoms with Crippen molar-refractivity contribution in [3.05, 3.63) is 63.1 Å². The second-order valence-electron chi connectivity index (χ2n) is 8.95. The van der Waals surface area contributed by atoms with E-state index < -0.39 is 34.4 Å². The number of nitrogens with one attached hydrogen (secondary N) is 5. The molecule has 6 N–H and O–H groups in total. The molecule has 1 saturated carbocycles. The molecule has 206 valence electrons. The van der Waals surface area contributed by atoms with E-state index in [4.69, 9.17) is 10.8 Å². The highest BCUT2D eigenvalue weighted by molar-refractivity contribution is 8.26. The number of hydrogen-bond acceptors (Lipinski definition) is 9. The van der Waals surface area contributed by atoms with Gasteiger partial charge in [-0.05, 0) is 57.5 Å². The Hall–Kier alpha value is -2.74. The lowest BCUT2D eigenvalue weighted by Gasteiger charge is -2.47. The van der Waals surface area contributed by atoms with Gasteiger partial charge in [0.15, 0.2) is 11.4 Å². The largest absolute Gasteiger partial charge is 0.503 e. The molecule has 0 radical (unpaired) electrons. The molecule has 9 nitrogen and oxygen atoms in total. The van der Waals surface area contributed by atoms with Gasteiger partial charge in [0.25, 0.3) is 5.91 Å². The standard InChI is InChI=1S/C25H32F2N6O3S2/c1-4-33(25(30-2)9-7-16(8-10-25)32-37-3)24(36)20-22(35)21(34)17(13-31-20)23(29)38-19(28)11-14-5-6-15(26)12-18(14)27/h5-6,12-13,16,28-30,32,35H,4,7-11H2,1-3H3,(H,31,34). The van der Waals surface area contributed by atoms with Gasteiger partial charge in [0, 0.05) is 31.3 Å². The maximum Gasteiger partial charge on any atom is 0.275 e. The number of carbonyl (C=O) groups is 1. The minimum absolute atomic E-state index is 0.0748. The third kappa shape index (κ3) is 6.45. The van der Waals surface area contributed by atoms with Crippen molar-refractivity contribution in [1.29, 1.82) is 10.8 Å². The molecule has 1 aliphatic rings. The zero-order valence-corrected chi connectivity index (χ0v) is 23.0. The van der Waals surface area contributed by atoms with Gasteiger partial charge in [-0.1, -0.05) is 29.8 Å². The minimum atomic E-state index is -0.923. The molecule has 1 aromatic heterocycles. The highest BCUT2D eigenvalue weighted by atomic mass is 32.2. The van der Waals surface area contributed by atoms with E-state index in [1.807, 2.05) is 13.2 Å². The number of hydrogen-bond donors (Lipinski definition) is 6. The van der Waals surface area contributed by atoms with Crippen molar-refractivity contribution in [1.82, 2.24) is 19.9 Å². The second-order valence-corrected chi connectivity index (χ2v) is 10.7. The van der Waals surface area contributed by atoms with E-state index in [1.165, 1.54) is 6.07 Å². The van der Waals surface area contributed by atoms with E-state index in [2.05, 4.69) is 15.0 Å². The number of nitrogens with zero attached hydrogens (tertiary/aromatic N) is 1. The van der Waals surface area contributed by atoms with Crippen molar-refractivity contribution in [2.75, 3.05) is 19.8 Å². The molecule has 0 aliphatic heterocycles. The molecule has 1 heterocycles. The molecule has 0 saturated heterocycles. The molecule has 1 aromatic carbocycles. The first-order chi connectivity index (χ1) is 18.1. The first-order valence-corrected chi connectivity index (χ1v) is 14.1. The molecule has 1 amide bonds. The summed E-state index contributed by atoms with van der Waals surface area (Å²) in [6.07, 6.45) is 5.98. The summed E-state index contributed by atoms with van der Waals surface area (Å²) in [5.41, 5.74) is -2.00. The Balaban J connectivity index is 1.77. The average molecular weight is 567 g/mol. The molecule has 0 unspecified atom stereocenters. The summed E-state index contributed by atoms with van der Waals surface area (Å²) in [5.74, 6) is -2.90. The summed E-state index contributed by atoms with van der Waals surface area (Å²) in [4.78, 5) is 30.7. The van der Waals surface area contributed by atoms with Gasteiger partial charge in [-0.3, -0.25) is 30.4 Å². The Labute approximate surface area is 228 Å². The number of aromatic amines is 1. The van der Waals surface area contributed by atoms with E-state index in [-0.39, 0.29) is 33.3 Å². The molecule has 38 heavy (non-hydrogen) atoms. The van der Waals surface area contributed by atoms with Gasteiger partial charge in [0.2, 0.25) is 5.43 Å². The van der Waals surface area contributed by atoms with Crippen LogP contribution in [0.5, 0.6) is 5.75 Å². The van der Waals surface area contributed by atoms with Crippen LogP contribution in [0.2, 0.25) is 0 Å². The van der Waals surface area contributed by atoms with Crippen molar-refractivity contribution >= 4 is 39.7 Å². The predicted octanol–water partition coefficient (Wildman–Crippen LogP) is 3.83. The Kier molecular flexibility index (Phi) is 10.1. The molecule has 2 aromatic rings. The fourth-order valence-corrected chi connectivity index (χ4v) is 6.02. The summed E-state index contributed by atoms with van der Waals surface area (Å²) in [6, 6.07) is 3.33. The van der Waals surface area contributed by atoms with Crippen molar-refractivity contribution in [2.24, 2.45) is 0 Å². The maximum absolute atomic E-state index is 13.9. The number of carbonyl (C=O) groups excluding carboxylic acids is 1. The molecule has 1 aliphatic carbocycles. The van der Waals surface area contributed by atoms with Crippen LogP contribution in [0.3, 0.4) is 0 Å². The van der Waals surface area contributed by atoms with Crippen molar-refractivity contribution in [3.8, 4) is 5.75 Å². The van der Waals surface area contributed by atoms with Gasteiger partial charge in [-0.2, -0.15) is 0 Å². The number of benzene rings is 1. The molecule has 3 rings (SSSR count). The van der Waals surface area contributed by atoms with E-state index in [0.29, 0.717) is 43.3 Å². The van der Waals surface area contributed by atoms with Crippen LogP contribution in [0.15, 0.2) is 29.2 Å². The molecule has 1 fully saturated rings. The second kappa shape index (κ2) is 12.9. The number of rotatable bonds is 9. The van der Waals surface area contributed by atoms with Crippen LogP contribution in [-0.4, -0.2) is 62.5 Å². The molecule has 13 heteroatoms. The fourth-order valence-electron chi connectivity index (χ4n) is 4.71. The molecule has 0 spiro atoms. The van der Waals surface area contributed by atoms with E-state index in [9.17, 15) is 23.5 Å². The minimum Gasteiger partial charge on any atom is -0.503 e. The lowest BCUT2D eigenvalue weighted by atomic mass is 9.84. The monoisotopic (exact) mass is 566 g/mol. The third-order valence-electron chi connectivity index (χ3n) is 6.75. The highest BCUT2D eigenvalue weighted by Crippen LogP contribution is 2.33. The molecular weight excluding hydrogens is 534 g/mol. The SMILES string of the molecule is CCN(C(=O)c1[nH]cc(C(=N)SC(=N)Cc2ccc(F)cc2F)c(=O)c1O)C1(NC)CCC(NSC)CC1. The number of amides is 1. The first-order valence-electron chi connectivity index (χ1n) is 12.1. The van der Waals surface area contributed by atoms with Crippen LogP contribution in [0, 0.1) is 22.5 Å². The fraction of sp³-hybridized carbons (Fsp3) is 0.440. The topological polar surface area (TPSA) is 145 Å². The summed E-state index contributed by atoms with van der Waals surface area (Å²) < 4.78 is 30.4. The van der Waals surface area contributed by atoms with Crippen molar-refractivity contribution < 1.29 is 18.7 Å². The Morgan fingerprint density at radius 2 is 1.97 bits per heavy atom. The predicted molar refractivity (Wildman–Crippen MR) is 148 cm³/mol. The van der Waals surface area contributed by atoms with E-state index in [1.54, 1.807) is 23.9 Å². The third-order valence-corrected chi connectivity index (χ3v) is 8.13. The average Bonchev–Trinajstić information content (AvgIpc) is 2.88. The zero-order chi connectivity index (χ0) is 28.0. The van der Waals surface area contributed by atoms with Gasteiger partial charge in [0.1, 0.15) is 16.7 Å². The number of thioether (sulfide) groups is 1. The summed E-state index contributed by atoms with van der Waals surface area (Å²) in [5, 5.41) is 29.8. The number of aromatic nitrogens is 1. The summed E-state index contributed by atoms with van der Waals surface area (Å²) in [7, 11) is 1.79. The van der Waals surface area contributed by atoms with Crippen LogP contribution in [-0.2, 0) is 6.42 Å². The van der Waals surface area contributed by atoms with Crippen LogP contribution >= 0.6 is 23.7 Å². The summed E-state index contributed by atoms with van der Waals surface area (Å²) >= 11 is 2.16. The zero-order valence-electron chi connectivity index (χ0n) is 21.4. The Bertz CT molecular complexity index is 1260. The highest BCUT2D eigenvalue weighted by Gasteiger charge is 2.42. The number of H-pyrrole nitrogens is 1. The quantitative estimate of drug-likeness (QED) is 0.117. The lowest BCUT2D eigenvalue weighted by molar-refractivity contribution is 0.0199. The number of aromatic hydroxyl groups is 1. The van der Waals surface area contributed by atoms with E-state index in [0.717, 1.165) is 25.1 Å². The first kappa shape index (κ1) is 29.8. The lowest BCUT2D eigenvalue weighted by Crippen LogP contribution is -2.62. The van der Waals surface area contributed by atoms with E-state index >= 15 is 0 Å². The van der Waals surface area contributed by atoms with Gasteiger partial charge in [0.05, 0.1) is 16.3 Å². The van der Waals surface area contributed by atoms with Crippen molar-refractivity contribution in [3.63, 3.8) is 0 Å². The van der Waals surface area contributed by atoms with Crippen LogP contribution in [0.4, 0.5) is 8.78 Å². The number of halogens is 2. The van der Waals surface area contributed by atoms with Gasteiger partial charge < -0.3 is 15.0 Å². The smallest absolute Gasteiger partial charge is 0.275 e. The van der Waals surface area contributed by atoms with Gasteiger partial charge >= 0.3 is 0 Å². The number of pyridine rings is 1. The molecule has 0 atom stereocenters. The normalized spacial score (nSPS) is 19.2. The van der Waals surface area contributed by atoms with Gasteiger partial charge in [-0.15, -0.1) is 0 Å². The maximum atomic E-state index is 13.9. The van der Waals surface area contributed by atoms with Crippen molar-refractivity contribution in [2.45, 2.75) is 50.7 Å². The molecule has 0 bridgehead atoms. The Morgan fingerprint density at radius 3 is 2.55 bits per heavy atom. The summed E-state index contributed by atoms with van der Waals surface area (Å²) in [6.45, 7) is 2.17. The Morgan fingerprint density at radius 1 is 1.29 bits per heavy atom. The molecular formula is C25H32F2N6O3S2. The van der Waals surface area contributed by atoms with Crippen LogP contribution in [0.25, 0.3) is 0 Å².